The van der Waals surface area contributed by atoms with E-state index >= 15 is 0 Å². The van der Waals surface area contributed by atoms with Crippen LogP contribution in [0.3, 0.4) is 0 Å². The van der Waals surface area contributed by atoms with E-state index in [1.54, 1.807) is 13.0 Å². The van der Waals surface area contributed by atoms with E-state index < -0.39 is 5.97 Å². The number of hydrogen-bond donors (Lipinski definition) is 1. The quantitative estimate of drug-likeness (QED) is 0.617. The molecule has 3 aromatic rings. The monoisotopic (exact) mass is 415 g/mol. The standard InChI is InChI=1S/C20H18BrNO4/c1-13-16-11-15(21)7-8-17(16)26-19(13)20(24)25-12-18(23)22-10-9-14-5-3-2-4-6-14/h2-8,11H,9-10,12H2,1H3,(H,22,23). The number of rotatable bonds is 6. The number of halogens is 1. The van der Waals surface area contributed by atoms with E-state index in [0.717, 1.165) is 21.8 Å². The molecule has 1 heterocycles. The van der Waals surface area contributed by atoms with Crippen molar-refractivity contribution in [3.8, 4) is 0 Å². The molecule has 0 aliphatic heterocycles. The summed E-state index contributed by atoms with van der Waals surface area (Å²) in [6.07, 6.45) is 0.720. The van der Waals surface area contributed by atoms with E-state index in [1.807, 2.05) is 42.5 Å². The van der Waals surface area contributed by atoms with Crippen molar-refractivity contribution in [3.63, 3.8) is 0 Å². The Hall–Kier alpha value is -2.60. The predicted molar refractivity (Wildman–Crippen MR) is 102 cm³/mol. The van der Waals surface area contributed by atoms with Crippen molar-refractivity contribution in [2.75, 3.05) is 13.2 Å². The highest BCUT2D eigenvalue weighted by molar-refractivity contribution is 9.10. The van der Waals surface area contributed by atoms with Gasteiger partial charge in [-0.15, -0.1) is 0 Å². The molecule has 26 heavy (non-hydrogen) atoms. The number of fused-ring (bicyclic) bond motifs is 1. The van der Waals surface area contributed by atoms with Crippen LogP contribution in [0.2, 0.25) is 0 Å². The van der Waals surface area contributed by atoms with Crippen LogP contribution in [0.5, 0.6) is 0 Å². The molecule has 134 valence electrons. The molecule has 0 aliphatic rings. The van der Waals surface area contributed by atoms with E-state index in [9.17, 15) is 9.59 Å². The van der Waals surface area contributed by atoms with Gasteiger partial charge in [0.15, 0.2) is 6.61 Å². The molecule has 0 saturated heterocycles. The molecule has 1 N–H and O–H groups in total. The van der Waals surface area contributed by atoms with Crippen LogP contribution in [0.25, 0.3) is 11.0 Å². The Morgan fingerprint density at radius 1 is 1.15 bits per heavy atom. The second kappa shape index (κ2) is 8.19. The smallest absolute Gasteiger partial charge is 0.375 e. The number of nitrogens with one attached hydrogen (secondary N) is 1. The largest absolute Gasteiger partial charge is 0.450 e. The molecule has 6 heteroatoms. The van der Waals surface area contributed by atoms with Crippen LogP contribution in [0.1, 0.15) is 21.7 Å². The lowest BCUT2D eigenvalue weighted by molar-refractivity contribution is -0.124. The highest BCUT2D eigenvalue weighted by Crippen LogP contribution is 2.28. The third-order valence-corrected chi connectivity index (χ3v) is 4.49. The third kappa shape index (κ3) is 4.32. The highest BCUT2D eigenvalue weighted by atomic mass is 79.9. The van der Waals surface area contributed by atoms with Gasteiger partial charge in [0.2, 0.25) is 5.76 Å². The SMILES string of the molecule is Cc1c(C(=O)OCC(=O)NCCc2ccccc2)oc2ccc(Br)cc12. The van der Waals surface area contributed by atoms with Gasteiger partial charge in [0.25, 0.3) is 5.91 Å². The molecule has 1 amide bonds. The van der Waals surface area contributed by atoms with Gasteiger partial charge < -0.3 is 14.5 Å². The molecule has 0 fully saturated rings. The number of ether oxygens (including phenoxy) is 1. The molecule has 0 bridgehead atoms. The van der Waals surface area contributed by atoms with Gasteiger partial charge in [-0.3, -0.25) is 4.79 Å². The summed E-state index contributed by atoms with van der Waals surface area (Å²) in [5.41, 5.74) is 2.43. The van der Waals surface area contributed by atoms with Crippen LogP contribution < -0.4 is 5.32 Å². The molecular weight excluding hydrogens is 398 g/mol. The molecule has 2 aromatic carbocycles. The van der Waals surface area contributed by atoms with Gasteiger partial charge in [0, 0.05) is 22.0 Å². The van der Waals surface area contributed by atoms with Crippen molar-refractivity contribution in [3.05, 3.63) is 69.9 Å². The Bertz CT molecular complexity index is 934. The summed E-state index contributed by atoms with van der Waals surface area (Å²) in [7, 11) is 0. The van der Waals surface area contributed by atoms with Gasteiger partial charge in [-0.1, -0.05) is 46.3 Å². The second-order valence-corrected chi connectivity index (χ2v) is 6.77. The van der Waals surface area contributed by atoms with E-state index in [4.69, 9.17) is 9.15 Å². The average Bonchev–Trinajstić information content (AvgIpc) is 2.97. The van der Waals surface area contributed by atoms with Gasteiger partial charge >= 0.3 is 5.97 Å². The van der Waals surface area contributed by atoms with Crippen LogP contribution >= 0.6 is 15.9 Å². The Labute approximate surface area is 159 Å². The summed E-state index contributed by atoms with van der Waals surface area (Å²) in [6, 6.07) is 15.3. The highest BCUT2D eigenvalue weighted by Gasteiger charge is 2.20. The maximum Gasteiger partial charge on any atom is 0.375 e. The van der Waals surface area contributed by atoms with Gasteiger partial charge in [0.05, 0.1) is 0 Å². The van der Waals surface area contributed by atoms with Crippen molar-refractivity contribution in [2.45, 2.75) is 13.3 Å². The summed E-state index contributed by atoms with van der Waals surface area (Å²) < 4.78 is 11.5. The second-order valence-electron chi connectivity index (χ2n) is 5.86. The lowest BCUT2D eigenvalue weighted by Gasteiger charge is -2.06. The predicted octanol–water partition coefficient (Wildman–Crippen LogP) is 4.02. The zero-order chi connectivity index (χ0) is 18.5. The minimum Gasteiger partial charge on any atom is -0.450 e. The number of hydrogen-bond acceptors (Lipinski definition) is 4. The van der Waals surface area contributed by atoms with Crippen LogP contribution in [0.15, 0.2) is 57.4 Å². The maximum atomic E-state index is 12.2. The maximum absolute atomic E-state index is 12.2. The normalized spacial score (nSPS) is 10.7. The summed E-state index contributed by atoms with van der Waals surface area (Å²) in [5.74, 6) is -0.867. The Morgan fingerprint density at radius 2 is 1.92 bits per heavy atom. The molecule has 1 aromatic heterocycles. The Kier molecular flexibility index (Phi) is 5.73. The molecule has 0 aliphatic carbocycles. The number of esters is 1. The summed E-state index contributed by atoms with van der Waals surface area (Å²) in [4.78, 5) is 24.1. The van der Waals surface area contributed by atoms with Crippen LogP contribution in [-0.4, -0.2) is 25.0 Å². The summed E-state index contributed by atoms with van der Waals surface area (Å²) >= 11 is 3.39. The summed E-state index contributed by atoms with van der Waals surface area (Å²) in [5, 5.41) is 3.57. The summed E-state index contributed by atoms with van der Waals surface area (Å²) in [6.45, 7) is 1.93. The van der Waals surface area contributed by atoms with E-state index in [1.165, 1.54) is 0 Å². The van der Waals surface area contributed by atoms with Crippen LogP contribution in [0.4, 0.5) is 0 Å². The van der Waals surface area contributed by atoms with Gasteiger partial charge in [-0.2, -0.15) is 0 Å². The van der Waals surface area contributed by atoms with E-state index in [0.29, 0.717) is 17.7 Å². The first-order chi connectivity index (χ1) is 12.5. The van der Waals surface area contributed by atoms with Crippen molar-refractivity contribution in [1.82, 2.24) is 5.32 Å². The van der Waals surface area contributed by atoms with Crippen molar-refractivity contribution >= 4 is 38.8 Å². The first kappa shape index (κ1) is 18.2. The van der Waals surface area contributed by atoms with Crippen LogP contribution in [0, 0.1) is 6.92 Å². The van der Waals surface area contributed by atoms with E-state index in [-0.39, 0.29) is 18.3 Å². The van der Waals surface area contributed by atoms with E-state index in [2.05, 4.69) is 21.2 Å². The number of aryl methyl sites for hydroxylation is 1. The number of furan rings is 1. The number of amides is 1. The van der Waals surface area contributed by atoms with Crippen molar-refractivity contribution < 1.29 is 18.7 Å². The Balaban J connectivity index is 1.52. The molecule has 0 spiro atoms. The minimum absolute atomic E-state index is 0.121. The van der Waals surface area contributed by atoms with Crippen molar-refractivity contribution in [1.29, 1.82) is 0 Å². The number of benzene rings is 2. The fourth-order valence-electron chi connectivity index (χ4n) is 2.63. The molecule has 0 atom stereocenters. The lowest BCUT2D eigenvalue weighted by atomic mass is 10.1. The third-order valence-electron chi connectivity index (χ3n) is 4.00. The molecule has 0 unspecified atom stereocenters. The fourth-order valence-corrected chi connectivity index (χ4v) is 2.99. The van der Waals surface area contributed by atoms with Gasteiger partial charge in [-0.05, 0) is 37.1 Å². The number of carbonyl (C=O) groups excluding carboxylic acids is 2. The minimum atomic E-state index is -0.645. The average molecular weight is 416 g/mol. The van der Waals surface area contributed by atoms with Crippen LogP contribution in [-0.2, 0) is 16.0 Å². The molecule has 5 nitrogen and oxygen atoms in total. The first-order valence-electron chi connectivity index (χ1n) is 8.21. The first-order valence-corrected chi connectivity index (χ1v) is 9.00. The molecule has 0 radical (unpaired) electrons. The Morgan fingerprint density at radius 3 is 2.69 bits per heavy atom. The van der Waals surface area contributed by atoms with Crippen molar-refractivity contribution in [2.24, 2.45) is 0 Å². The van der Waals surface area contributed by atoms with Gasteiger partial charge in [-0.25, -0.2) is 4.79 Å². The zero-order valence-corrected chi connectivity index (χ0v) is 15.8. The molecule has 3 rings (SSSR count). The fraction of sp³-hybridized carbons (Fsp3) is 0.200. The molecule has 0 saturated carbocycles. The zero-order valence-electron chi connectivity index (χ0n) is 14.3. The lowest BCUT2D eigenvalue weighted by Crippen LogP contribution is -2.30. The van der Waals surface area contributed by atoms with Gasteiger partial charge in [0.1, 0.15) is 5.58 Å². The molecular formula is C20H18BrNO4. The number of carbonyl (C=O) groups is 2. The topological polar surface area (TPSA) is 68.5 Å².